The van der Waals surface area contributed by atoms with Crippen LogP contribution in [0.2, 0.25) is 0 Å². The monoisotopic (exact) mass is 467 g/mol. The normalized spacial score (nSPS) is 10.7. The van der Waals surface area contributed by atoms with Crippen molar-refractivity contribution in [1.82, 2.24) is 25.4 Å². The Morgan fingerprint density at radius 3 is 2.17 bits per heavy atom. The van der Waals surface area contributed by atoms with Crippen LogP contribution in [0.4, 0.5) is 0 Å². The van der Waals surface area contributed by atoms with E-state index in [0.717, 1.165) is 22.3 Å². The molecular formula is C28H29N5O2. The number of nitrogens with zero attached hydrogens (tertiary/aromatic N) is 3. The minimum atomic E-state index is -0.252. The van der Waals surface area contributed by atoms with E-state index in [1.54, 1.807) is 23.3 Å². The summed E-state index contributed by atoms with van der Waals surface area (Å²) in [6.45, 7) is 5.29. The maximum Gasteiger partial charge on any atom is 0.255 e. The van der Waals surface area contributed by atoms with Crippen molar-refractivity contribution in [1.29, 1.82) is 0 Å². The number of carbonyl (C=O) groups excluding carboxylic acids is 2. The number of rotatable bonds is 9. The zero-order valence-electron chi connectivity index (χ0n) is 20.0. The van der Waals surface area contributed by atoms with Gasteiger partial charge in [-0.1, -0.05) is 59.7 Å². The molecule has 2 N–H and O–H groups in total. The van der Waals surface area contributed by atoms with Crippen LogP contribution >= 0.6 is 0 Å². The van der Waals surface area contributed by atoms with Crippen LogP contribution in [0.1, 0.15) is 39.0 Å². The number of aromatic nitrogens is 3. The van der Waals surface area contributed by atoms with E-state index in [1.807, 2.05) is 43.3 Å². The van der Waals surface area contributed by atoms with E-state index >= 15 is 0 Å². The highest BCUT2D eigenvalue weighted by Gasteiger charge is 2.18. The number of hydrogen-bond acceptors (Lipinski definition) is 4. The summed E-state index contributed by atoms with van der Waals surface area (Å²) in [7, 11) is 0. The molecule has 0 spiro atoms. The van der Waals surface area contributed by atoms with E-state index in [4.69, 9.17) is 5.10 Å². The van der Waals surface area contributed by atoms with E-state index in [0.29, 0.717) is 24.3 Å². The first-order valence-corrected chi connectivity index (χ1v) is 11.6. The van der Waals surface area contributed by atoms with E-state index in [1.165, 1.54) is 5.56 Å². The first-order chi connectivity index (χ1) is 17.0. The molecule has 7 heteroatoms. The second kappa shape index (κ2) is 11.2. The zero-order valence-corrected chi connectivity index (χ0v) is 20.0. The third-order valence-corrected chi connectivity index (χ3v) is 5.67. The minimum absolute atomic E-state index is 0.129. The average molecular weight is 468 g/mol. The van der Waals surface area contributed by atoms with Crippen molar-refractivity contribution in [2.24, 2.45) is 0 Å². The molecule has 0 radical (unpaired) electrons. The lowest BCUT2D eigenvalue weighted by Crippen LogP contribution is -2.30. The molecule has 0 aliphatic rings. The van der Waals surface area contributed by atoms with Crippen LogP contribution < -0.4 is 10.6 Å². The third-order valence-electron chi connectivity index (χ3n) is 5.67. The van der Waals surface area contributed by atoms with Crippen LogP contribution in [0.25, 0.3) is 11.3 Å². The first kappa shape index (κ1) is 23.9. The van der Waals surface area contributed by atoms with Gasteiger partial charge in [-0.05, 0) is 37.1 Å². The predicted molar refractivity (Wildman–Crippen MR) is 136 cm³/mol. The molecule has 7 nitrogen and oxygen atoms in total. The lowest BCUT2D eigenvalue weighted by atomic mass is 10.1. The Labute approximate surface area is 205 Å². The summed E-state index contributed by atoms with van der Waals surface area (Å²) in [5, 5.41) is 10.5. The van der Waals surface area contributed by atoms with Crippen LogP contribution in [0, 0.1) is 13.8 Å². The van der Waals surface area contributed by atoms with Gasteiger partial charge in [0.05, 0.1) is 12.1 Å². The Balaban J connectivity index is 1.42. The van der Waals surface area contributed by atoms with Gasteiger partial charge in [-0.25, -0.2) is 0 Å². The van der Waals surface area contributed by atoms with Crippen LogP contribution in [0.5, 0.6) is 0 Å². The molecule has 0 aliphatic carbocycles. The first-order valence-electron chi connectivity index (χ1n) is 11.6. The van der Waals surface area contributed by atoms with Crippen molar-refractivity contribution in [2.45, 2.75) is 33.4 Å². The van der Waals surface area contributed by atoms with Gasteiger partial charge in [-0.3, -0.25) is 19.3 Å². The molecule has 0 saturated heterocycles. The lowest BCUT2D eigenvalue weighted by molar-refractivity contribution is -0.121. The van der Waals surface area contributed by atoms with Crippen molar-refractivity contribution in [3.8, 4) is 11.3 Å². The summed E-state index contributed by atoms with van der Waals surface area (Å²) < 4.78 is 1.79. The van der Waals surface area contributed by atoms with Gasteiger partial charge >= 0.3 is 0 Å². The van der Waals surface area contributed by atoms with Gasteiger partial charge in [0.25, 0.3) is 5.91 Å². The van der Waals surface area contributed by atoms with Gasteiger partial charge in [-0.15, -0.1) is 0 Å². The van der Waals surface area contributed by atoms with Gasteiger partial charge in [0, 0.05) is 43.7 Å². The molecule has 2 heterocycles. The van der Waals surface area contributed by atoms with Crippen LogP contribution in [0.15, 0.2) is 79.3 Å². The molecule has 0 atom stereocenters. The Kier molecular flexibility index (Phi) is 7.67. The zero-order chi connectivity index (χ0) is 24.6. The fourth-order valence-corrected chi connectivity index (χ4v) is 3.65. The number of carbonyl (C=O) groups is 2. The smallest absolute Gasteiger partial charge is 0.255 e. The number of benzene rings is 2. The third kappa shape index (κ3) is 6.63. The Bertz CT molecular complexity index is 1280. The number of hydrogen-bond donors (Lipinski definition) is 2. The molecule has 2 amide bonds. The molecule has 0 fully saturated rings. The van der Waals surface area contributed by atoms with Gasteiger partial charge in [0.1, 0.15) is 5.69 Å². The van der Waals surface area contributed by atoms with E-state index in [9.17, 15) is 9.59 Å². The highest BCUT2D eigenvalue weighted by Crippen LogP contribution is 2.23. The predicted octanol–water partition coefficient (Wildman–Crippen LogP) is 4.05. The largest absolute Gasteiger partial charge is 0.352 e. The van der Waals surface area contributed by atoms with Gasteiger partial charge in [0.15, 0.2) is 0 Å². The molecule has 0 bridgehead atoms. The lowest BCUT2D eigenvalue weighted by Gasteiger charge is -2.07. The molecule has 178 valence electrons. The van der Waals surface area contributed by atoms with Crippen molar-refractivity contribution >= 4 is 11.8 Å². The Morgan fingerprint density at radius 2 is 1.49 bits per heavy atom. The van der Waals surface area contributed by atoms with Crippen LogP contribution in [-0.2, 0) is 17.9 Å². The van der Waals surface area contributed by atoms with Gasteiger partial charge in [0.2, 0.25) is 5.91 Å². The number of amides is 2. The average Bonchev–Trinajstić information content (AvgIpc) is 3.29. The fraction of sp³-hybridized carbons (Fsp3) is 0.214. The molecule has 4 aromatic rings. The molecule has 0 unspecified atom stereocenters. The van der Waals surface area contributed by atoms with Crippen molar-refractivity contribution in [3.63, 3.8) is 0 Å². The molecule has 35 heavy (non-hydrogen) atoms. The Hall–Kier alpha value is -4.26. The quantitative estimate of drug-likeness (QED) is 0.389. The summed E-state index contributed by atoms with van der Waals surface area (Å²) >= 11 is 0. The highest BCUT2D eigenvalue weighted by molar-refractivity contribution is 6.00. The van der Waals surface area contributed by atoms with Crippen LogP contribution in [-0.4, -0.2) is 33.1 Å². The molecule has 0 aliphatic heterocycles. The Morgan fingerprint density at radius 1 is 0.829 bits per heavy atom. The number of aryl methyl sites for hydroxylation is 2. The van der Waals surface area contributed by atoms with E-state index in [2.05, 4.69) is 46.8 Å². The second-order valence-electron chi connectivity index (χ2n) is 8.58. The van der Waals surface area contributed by atoms with Crippen molar-refractivity contribution < 1.29 is 9.59 Å². The minimum Gasteiger partial charge on any atom is -0.352 e. The summed E-state index contributed by atoms with van der Waals surface area (Å²) in [6, 6.07) is 19.9. The van der Waals surface area contributed by atoms with Crippen LogP contribution in [0.3, 0.4) is 0 Å². The van der Waals surface area contributed by atoms with Crippen molar-refractivity contribution in [3.05, 3.63) is 107 Å². The molecule has 2 aromatic carbocycles. The van der Waals surface area contributed by atoms with Gasteiger partial charge < -0.3 is 10.6 Å². The molecule has 0 saturated carbocycles. The summed E-state index contributed by atoms with van der Waals surface area (Å²) in [4.78, 5) is 29.2. The van der Waals surface area contributed by atoms with E-state index < -0.39 is 0 Å². The summed E-state index contributed by atoms with van der Waals surface area (Å²) in [5.74, 6) is -0.381. The fourth-order valence-electron chi connectivity index (χ4n) is 3.65. The maximum atomic E-state index is 13.1. The maximum absolute atomic E-state index is 13.1. The number of pyridine rings is 1. The van der Waals surface area contributed by atoms with E-state index in [-0.39, 0.29) is 24.8 Å². The summed E-state index contributed by atoms with van der Waals surface area (Å²) in [6.07, 6.45) is 5.33. The van der Waals surface area contributed by atoms with Gasteiger partial charge in [-0.2, -0.15) is 5.10 Å². The standard InChI is InChI=1S/C28H29N5O2/c1-20-3-7-23(8-4-20)18-33-19-25(27(32-33)24-9-5-21(2)6-10-24)28(35)30-16-13-26(34)31-17-22-11-14-29-15-12-22/h3-12,14-15,19H,13,16-18H2,1-2H3,(H,30,35)(H,31,34). The topological polar surface area (TPSA) is 88.9 Å². The molecule has 2 aromatic heterocycles. The molecular weight excluding hydrogens is 438 g/mol. The molecule has 4 rings (SSSR count). The SMILES string of the molecule is Cc1ccc(Cn2cc(C(=O)NCCC(=O)NCc3ccncc3)c(-c3ccc(C)cc3)n2)cc1. The number of nitrogens with one attached hydrogen (secondary N) is 2. The summed E-state index contributed by atoms with van der Waals surface area (Å²) in [5.41, 5.74) is 6.39. The van der Waals surface area contributed by atoms with Crippen molar-refractivity contribution in [2.75, 3.05) is 6.54 Å². The highest BCUT2D eigenvalue weighted by atomic mass is 16.2. The second-order valence-corrected chi connectivity index (χ2v) is 8.58.